The van der Waals surface area contributed by atoms with Crippen LogP contribution in [0.2, 0.25) is 0 Å². The average molecular weight is 345 g/mol. The van der Waals surface area contributed by atoms with E-state index >= 15 is 0 Å². The van der Waals surface area contributed by atoms with Gasteiger partial charge in [-0.3, -0.25) is 4.72 Å². The largest absolute Gasteiger partial charge is 0.491 e. The molecule has 126 valence electrons. The molecule has 0 unspecified atom stereocenters. The van der Waals surface area contributed by atoms with Crippen molar-refractivity contribution in [3.8, 4) is 5.75 Å². The summed E-state index contributed by atoms with van der Waals surface area (Å²) in [6.07, 6.45) is 1.72. The van der Waals surface area contributed by atoms with E-state index in [9.17, 15) is 8.42 Å². The molecule has 0 aliphatic rings. The minimum absolute atomic E-state index is 0.0673. The third-order valence-corrected chi connectivity index (χ3v) is 4.86. The monoisotopic (exact) mass is 345 g/mol. The van der Waals surface area contributed by atoms with Crippen LogP contribution in [-0.2, 0) is 17.1 Å². The third kappa shape index (κ3) is 3.35. The molecule has 0 bridgehead atoms. The number of nitrogens with one attached hydrogen (secondary N) is 1. The van der Waals surface area contributed by atoms with Crippen molar-refractivity contribution in [1.82, 2.24) is 9.55 Å². The Kier molecular flexibility index (Phi) is 4.19. The van der Waals surface area contributed by atoms with Crippen molar-refractivity contribution in [2.75, 3.05) is 4.72 Å². The zero-order valence-corrected chi connectivity index (χ0v) is 14.5. The second kappa shape index (κ2) is 6.16. The van der Waals surface area contributed by atoms with E-state index in [-0.39, 0.29) is 11.0 Å². The predicted octanol–water partition coefficient (Wildman–Crippen LogP) is 3.16. The lowest BCUT2D eigenvalue weighted by molar-refractivity contribution is 0.242. The highest BCUT2D eigenvalue weighted by molar-refractivity contribution is 7.92. The van der Waals surface area contributed by atoms with Crippen molar-refractivity contribution in [3.63, 3.8) is 0 Å². The summed E-state index contributed by atoms with van der Waals surface area (Å²) in [6.45, 7) is 3.87. The summed E-state index contributed by atoms with van der Waals surface area (Å²) in [5.74, 6) is 0.697. The molecule has 0 aliphatic carbocycles. The number of nitrogens with zero attached hydrogens (tertiary/aromatic N) is 2. The Bertz CT molecular complexity index is 960. The summed E-state index contributed by atoms with van der Waals surface area (Å²) < 4.78 is 35.0. The minimum Gasteiger partial charge on any atom is -0.491 e. The number of anilines is 1. The van der Waals surface area contributed by atoms with Gasteiger partial charge in [-0.1, -0.05) is 0 Å². The second-order valence-corrected chi connectivity index (χ2v) is 7.48. The van der Waals surface area contributed by atoms with Gasteiger partial charge >= 0.3 is 0 Å². The lowest BCUT2D eigenvalue weighted by atomic mass is 10.3. The summed E-state index contributed by atoms with van der Waals surface area (Å²) in [7, 11) is -1.81. The predicted molar refractivity (Wildman–Crippen MR) is 93.7 cm³/mol. The van der Waals surface area contributed by atoms with Crippen molar-refractivity contribution < 1.29 is 13.2 Å². The zero-order valence-electron chi connectivity index (χ0n) is 13.7. The van der Waals surface area contributed by atoms with Crippen molar-refractivity contribution in [2.24, 2.45) is 7.05 Å². The summed E-state index contributed by atoms with van der Waals surface area (Å²) in [5, 5.41) is 0. The van der Waals surface area contributed by atoms with Gasteiger partial charge in [-0.15, -0.1) is 0 Å². The van der Waals surface area contributed by atoms with Crippen molar-refractivity contribution in [2.45, 2.75) is 24.8 Å². The molecular weight excluding hydrogens is 326 g/mol. The van der Waals surface area contributed by atoms with Crippen molar-refractivity contribution in [3.05, 3.63) is 48.8 Å². The first kappa shape index (κ1) is 16.3. The zero-order chi connectivity index (χ0) is 17.3. The molecule has 24 heavy (non-hydrogen) atoms. The summed E-state index contributed by atoms with van der Waals surface area (Å²) in [6, 6.07) is 11.7. The van der Waals surface area contributed by atoms with Gasteiger partial charge in [0.2, 0.25) is 0 Å². The fourth-order valence-electron chi connectivity index (χ4n) is 2.37. The molecule has 1 aromatic heterocycles. The number of hydrogen-bond donors (Lipinski definition) is 1. The maximum Gasteiger partial charge on any atom is 0.261 e. The standard InChI is InChI=1S/C17H19N3O3S/c1-12(2)23-14-6-4-13(5-7-14)19-24(21,22)15-8-9-17-16(10-15)18-11-20(17)3/h4-12,19H,1-3H3. The lowest BCUT2D eigenvalue weighted by Gasteiger charge is -2.11. The average Bonchev–Trinajstić information content (AvgIpc) is 2.89. The lowest BCUT2D eigenvalue weighted by Crippen LogP contribution is -2.13. The first-order chi connectivity index (χ1) is 11.3. The normalized spacial score (nSPS) is 11.8. The molecule has 2 aromatic carbocycles. The second-order valence-electron chi connectivity index (χ2n) is 5.80. The maximum atomic E-state index is 12.5. The number of fused-ring (bicyclic) bond motifs is 1. The Morgan fingerprint density at radius 1 is 1.12 bits per heavy atom. The molecule has 0 atom stereocenters. The van der Waals surface area contributed by atoms with E-state index in [0.717, 1.165) is 5.52 Å². The highest BCUT2D eigenvalue weighted by Crippen LogP contribution is 2.22. The molecule has 7 heteroatoms. The fourth-order valence-corrected chi connectivity index (χ4v) is 3.45. The van der Waals surface area contributed by atoms with Crippen LogP contribution in [0.1, 0.15) is 13.8 Å². The molecule has 0 saturated heterocycles. The molecule has 3 aromatic rings. The Labute approximate surface area is 141 Å². The molecule has 0 saturated carbocycles. The van der Waals surface area contributed by atoms with Gasteiger partial charge in [-0.25, -0.2) is 13.4 Å². The number of aryl methyl sites for hydroxylation is 1. The van der Waals surface area contributed by atoms with Crippen LogP contribution in [0, 0.1) is 0 Å². The molecular formula is C17H19N3O3S. The molecule has 1 heterocycles. The highest BCUT2D eigenvalue weighted by atomic mass is 32.2. The first-order valence-corrected chi connectivity index (χ1v) is 9.04. The van der Waals surface area contributed by atoms with Crippen LogP contribution in [0.25, 0.3) is 11.0 Å². The van der Waals surface area contributed by atoms with Crippen LogP contribution in [0.3, 0.4) is 0 Å². The van der Waals surface area contributed by atoms with Gasteiger partial charge in [0.1, 0.15) is 5.75 Å². The van der Waals surface area contributed by atoms with Crippen LogP contribution < -0.4 is 9.46 Å². The van der Waals surface area contributed by atoms with E-state index in [1.807, 2.05) is 25.5 Å². The van der Waals surface area contributed by atoms with Crippen molar-refractivity contribution >= 4 is 26.7 Å². The van der Waals surface area contributed by atoms with E-state index in [1.54, 1.807) is 48.8 Å². The molecule has 0 fully saturated rings. The van der Waals surface area contributed by atoms with E-state index in [4.69, 9.17) is 4.74 Å². The van der Waals surface area contributed by atoms with Gasteiger partial charge in [-0.2, -0.15) is 0 Å². The number of hydrogen-bond acceptors (Lipinski definition) is 4. The van der Waals surface area contributed by atoms with E-state index in [1.165, 1.54) is 0 Å². The molecule has 0 aliphatic heterocycles. The van der Waals surface area contributed by atoms with Gasteiger partial charge < -0.3 is 9.30 Å². The smallest absolute Gasteiger partial charge is 0.261 e. The molecule has 1 N–H and O–H groups in total. The Balaban J connectivity index is 1.84. The number of imidazole rings is 1. The van der Waals surface area contributed by atoms with Crippen LogP contribution in [-0.4, -0.2) is 24.1 Å². The quantitative estimate of drug-likeness (QED) is 0.771. The Hall–Kier alpha value is -2.54. The van der Waals surface area contributed by atoms with Crippen LogP contribution in [0.5, 0.6) is 5.75 Å². The summed E-state index contributed by atoms with van der Waals surface area (Å²) in [4.78, 5) is 4.37. The number of sulfonamides is 1. The Morgan fingerprint density at radius 3 is 2.50 bits per heavy atom. The molecule has 6 nitrogen and oxygen atoms in total. The number of aromatic nitrogens is 2. The van der Waals surface area contributed by atoms with Crippen LogP contribution in [0.4, 0.5) is 5.69 Å². The Morgan fingerprint density at radius 2 is 1.83 bits per heavy atom. The maximum absolute atomic E-state index is 12.5. The van der Waals surface area contributed by atoms with E-state index in [0.29, 0.717) is 17.0 Å². The molecule has 0 radical (unpaired) electrons. The molecule has 0 amide bonds. The highest BCUT2D eigenvalue weighted by Gasteiger charge is 2.16. The van der Waals surface area contributed by atoms with Gasteiger partial charge in [0.15, 0.2) is 0 Å². The molecule has 0 spiro atoms. The topological polar surface area (TPSA) is 73.2 Å². The number of benzene rings is 2. The van der Waals surface area contributed by atoms with Crippen LogP contribution >= 0.6 is 0 Å². The fraction of sp³-hybridized carbons (Fsp3) is 0.235. The summed E-state index contributed by atoms with van der Waals surface area (Å²) in [5.41, 5.74) is 2.00. The number of rotatable bonds is 5. The minimum atomic E-state index is -3.67. The van der Waals surface area contributed by atoms with Gasteiger partial charge in [0.25, 0.3) is 10.0 Å². The van der Waals surface area contributed by atoms with Crippen molar-refractivity contribution in [1.29, 1.82) is 0 Å². The van der Waals surface area contributed by atoms with Gasteiger partial charge in [-0.05, 0) is 56.3 Å². The molecule has 3 rings (SSSR count). The van der Waals surface area contributed by atoms with Gasteiger partial charge in [0.05, 0.1) is 28.4 Å². The SMILES string of the molecule is CC(C)Oc1ccc(NS(=O)(=O)c2ccc3c(c2)ncn3C)cc1. The summed E-state index contributed by atoms with van der Waals surface area (Å²) >= 11 is 0. The first-order valence-electron chi connectivity index (χ1n) is 7.56. The van der Waals surface area contributed by atoms with Gasteiger partial charge in [0, 0.05) is 12.7 Å². The van der Waals surface area contributed by atoms with E-state index < -0.39 is 10.0 Å². The number of ether oxygens (including phenoxy) is 1. The van der Waals surface area contributed by atoms with Crippen LogP contribution in [0.15, 0.2) is 53.7 Å². The van der Waals surface area contributed by atoms with E-state index in [2.05, 4.69) is 9.71 Å². The third-order valence-electron chi connectivity index (χ3n) is 3.49.